The molecule has 0 aliphatic heterocycles. The van der Waals surface area contributed by atoms with Gasteiger partial charge in [0, 0.05) is 17.3 Å². The van der Waals surface area contributed by atoms with Gasteiger partial charge in [-0.05, 0) is 61.9 Å². The van der Waals surface area contributed by atoms with E-state index in [1.807, 2.05) is 48.5 Å². The van der Waals surface area contributed by atoms with E-state index in [0.717, 1.165) is 10.8 Å². The van der Waals surface area contributed by atoms with Crippen LogP contribution in [0.5, 0.6) is 17.2 Å². The number of pyridine rings is 1. The van der Waals surface area contributed by atoms with Gasteiger partial charge in [-0.2, -0.15) is 5.26 Å². The fraction of sp³-hybridized carbons (Fsp3) is 0.214. The number of amides is 1. The highest BCUT2D eigenvalue weighted by atomic mass is 16.5. The zero-order valence-electron chi connectivity index (χ0n) is 20.2. The Labute approximate surface area is 208 Å². The number of benzene rings is 3. The highest BCUT2D eigenvalue weighted by Gasteiger charge is 2.30. The van der Waals surface area contributed by atoms with Crippen molar-refractivity contribution in [3.63, 3.8) is 0 Å². The highest BCUT2D eigenvalue weighted by molar-refractivity contribution is 6.03. The van der Waals surface area contributed by atoms with E-state index in [1.54, 1.807) is 39.0 Å². The molecule has 1 amide bonds. The molecule has 8 heteroatoms. The van der Waals surface area contributed by atoms with Crippen molar-refractivity contribution in [2.75, 3.05) is 13.2 Å². The lowest BCUT2D eigenvalue weighted by Gasteiger charge is -2.22. The maximum atomic E-state index is 12.8. The Hall–Kier alpha value is -4.64. The number of carbonyl (C=O) groups is 2. The maximum absolute atomic E-state index is 12.8. The molecule has 0 saturated carbocycles. The van der Waals surface area contributed by atoms with E-state index in [2.05, 4.69) is 10.3 Å². The summed E-state index contributed by atoms with van der Waals surface area (Å²) in [4.78, 5) is 29.0. The second-order valence-electron chi connectivity index (χ2n) is 8.87. The van der Waals surface area contributed by atoms with Gasteiger partial charge in [0.2, 0.25) is 0 Å². The predicted molar refractivity (Wildman–Crippen MR) is 135 cm³/mol. The van der Waals surface area contributed by atoms with Crippen LogP contribution in [0.25, 0.3) is 21.5 Å². The van der Waals surface area contributed by atoms with E-state index in [1.165, 1.54) is 0 Å². The molecule has 0 unspecified atom stereocenters. The molecule has 4 aromatic rings. The van der Waals surface area contributed by atoms with Crippen molar-refractivity contribution in [1.29, 1.82) is 5.26 Å². The zero-order valence-corrected chi connectivity index (χ0v) is 20.2. The molecule has 4 rings (SSSR count). The van der Waals surface area contributed by atoms with Crippen LogP contribution >= 0.6 is 0 Å². The molecule has 2 N–H and O–H groups in total. The molecule has 0 spiro atoms. The second kappa shape index (κ2) is 9.92. The summed E-state index contributed by atoms with van der Waals surface area (Å²) in [6, 6.07) is 20.4. The molecular formula is C28H25N3O5. The van der Waals surface area contributed by atoms with Gasteiger partial charge in [0.1, 0.15) is 23.3 Å². The van der Waals surface area contributed by atoms with Crippen molar-refractivity contribution >= 4 is 33.4 Å². The fourth-order valence-electron chi connectivity index (χ4n) is 3.74. The van der Waals surface area contributed by atoms with Crippen LogP contribution in [0.3, 0.4) is 0 Å². The van der Waals surface area contributed by atoms with Gasteiger partial charge >= 0.3 is 5.97 Å². The molecule has 0 saturated heterocycles. The number of carbonyl (C=O) groups excluding carboxylic acids is 2. The van der Waals surface area contributed by atoms with Crippen molar-refractivity contribution < 1.29 is 24.2 Å². The van der Waals surface area contributed by atoms with Gasteiger partial charge in [-0.25, -0.2) is 4.98 Å². The number of esters is 1. The fourth-order valence-corrected chi connectivity index (χ4v) is 3.74. The van der Waals surface area contributed by atoms with Crippen molar-refractivity contribution in [2.45, 2.75) is 20.8 Å². The average molecular weight is 484 g/mol. The van der Waals surface area contributed by atoms with Crippen LogP contribution in [-0.4, -0.2) is 35.1 Å². The molecule has 3 aromatic carbocycles. The van der Waals surface area contributed by atoms with Gasteiger partial charge in [0.25, 0.3) is 5.91 Å². The van der Waals surface area contributed by atoms with Crippen molar-refractivity contribution in [2.24, 2.45) is 5.41 Å². The molecule has 0 aliphatic rings. The van der Waals surface area contributed by atoms with E-state index in [0.29, 0.717) is 16.9 Å². The third kappa shape index (κ3) is 4.91. The smallest absolute Gasteiger partial charge is 0.313 e. The molecule has 0 aliphatic carbocycles. The number of hydrogen-bond donors (Lipinski definition) is 2. The third-order valence-electron chi connectivity index (χ3n) is 5.75. The molecular weight excluding hydrogens is 458 g/mol. The summed E-state index contributed by atoms with van der Waals surface area (Å²) in [5, 5.41) is 25.8. The largest absolute Gasteiger partial charge is 0.505 e. The minimum Gasteiger partial charge on any atom is -0.505 e. The molecule has 8 nitrogen and oxygen atoms in total. The lowest BCUT2D eigenvalue weighted by molar-refractivity contribution is -0.153. The van der Waals surface area contributed by atoms with Crippen LogP contribution in [0.1, 0.15) is 37.0 Å². The van der Waals surface area contributed by atoms with Crippen molar-refractivity contribution in [3.8, 4) is 23.3 Å². The minimum atomic E-state index is -0.981. The van der Waals surface area contributed by atoms with Gasteiger partial charge in [-0.1, -0.05) is 30.3 Å². The SMILES string of the molecule is CCOC(=O)C(C)(C)CNC(=O)c1nc(C#N)c2cc(Oc3ccc4ccccc4c3)ccc2c1O. The van der Waals surface area contributed by atoms with Crippen LogP contribution in [0.15, 0.2) is 60.7 Å². The summed E-state index contributed by atoms with van der Waals surface area (Å²) < 4.78 is 11.0. The Morgan fingerprint density at radius 3 is 2.44 bits per heavy atom. The Morgan fingerprint density at radius 1 is 1.03 bits per heavy atom. The minimum absolute atomic E-state index is 0.0375. The molecule has 0 fully saturated rings. The normalized spacial score (nSPS) is 11.2. The standard InChI is InChI=1S/C28H25N3O5/c1-4-35-27(34)28(2,3)16-30-26(33)24-25(32)21-12-11-20(14-22(21)23(15-29)31-24)36-19-10-9-17-7-5-6-8-18(17)13-19/h5-14,32H,4,16H2,1-3H3,(H,30,33). The van der Waals surface area contributed by atoms with Gasteiger partial charge in [0.15, 0.2) is 11.4 Å². The number of nitriles is 1. The lowest BCUT2D eigenvalue weighted by Crippen LogP contribution is -2.40. The number of aromatic hydroxyl groups is 1. The molecule has 36 heavy (non-hydrogen) atoms. The Bertz CT molecular complexity index is 1520. The zero-order chi connectivity index (χ0) is 25.9. The first-order valence-corrected chi connectivity index (χ1v) is 11.4. The number of aromatic nitrogens is 1. The molecule has 1 heterocycles. The van der Waals surface area contributed by atoms with E-state index < -0.39 is 17.3 Å². The number of nitrogens with one attached hydrogen (secondary N) is 1. The van der Waals surface area contributed by atoms with Gasteiger partial charge in [0.05, 0.1) is 12.0 Å². The Balaban J connectivity index is 1.61. The van der Waals surface area contributed by atoms with Crippen LogP contribution in [0.2, 0.25) is 0 Å². The summed E-state index contributed by atoms with van der Waals surface area (Å²) in [6.07, 6.45) is 0. The quantitative estimate of drug-likeness (QED) is 0.352. The number of nitrogens with zero attached hydrogens (tertiary/aromatic N) is 2. The average Bonchev–Trinajstić information content (AvgIpc) is 2.87. The van der Waals surface area contributed by atoms with Gasteiger partial charge < -0.3 is 19.9 Å². The number of rotatable bonds is 7. The Morgan fingerprint density at radius 2 is 1.72 bits per heavy atom. The second-order valence-corrected chi connectivity index (χ2v) is 8.87. The van der Waals surface area contributed by atoms with Gasteiger partial charge in [-0.15, -0.1) is 0 Å². The molecule has 1 aromatic heterocycles. The van der Waals surface area contributed by atoms with Crippen LogP contribution < -0.4 is 10.1 Å². The van der Waals surface area contributed by atoms with Crippen molar-refractivity contribution in [1.82, 2.24) is 10.3 Å². The summed E-state index contributed by atoms with van der Waals surface area (Å²) >= 11 is 0. The first kappa shape index (κ1) is 24.5. The van der Waals surface area contributed by atoms with Crippen LogP contribution in [0, 0.1) is 16.7 Å². The summed E-state index contributed by atoms with van der Waals surface area (Å²) in [5.74, 6) is -0.474. The predicted octanol–water partition coefficient (Wildman–Crippen LogP) is 5.08. The van der Waals surface area contributed by atoms with Crippen LogP contribution in [0.4, 0.5) is 0 Å². The van der Waals surface area contributed by atoms with E-state index in [-0.39, 0.29) is 35.7 Å². The first-order valence-electron chi connectivity index (χ1n) is 11.4. The molecule has 0 bridgehead atoms. The first-order chi connectivity index (χ1) is 17.2. The highest BCUT2D eigenvalue weighted by Crippen LogP contribution is 2.34. The summed E-state index contributed by atoms with van der Waals surface area (Å²) in [5.41, 5.74) is -1.32. The number of ether oxygens (including phenoxy) is 2. The topological polar surface area (TPSA) is 122 Å². The van der Waals surface area contributed by atoms with E-state index in [9.17, 15) is 20.0 Å². The molecule has 0 radical (unpaired) electrons. The van der Waals surface area contributed by atoms with Crippen molar-refractivity contribution in [3.05, 3.63) is 72.1 Å². The monoisotopic (exact) mass is 483 g/mol. The molecule has 182 valence electrons. The third-order valence-corrected chi connectivity index (χ3v) is 5.75. The van der Waals surface area contributed by atoms with Gasteiger partial charge in [-0.3, -0.25) is 9.59 Å². The van der Waals surface area contributed by atoms with E-state index >= 15 is 0 Å². The maximum Gasteiger partial charge on any atom is 0.313 e. The lowest BCUT2D eigenvalue weighted by atomic mass is 9.93. The molecule has 0 atom stereocenters. The number of hydrogen-bond acceptors (Lipinski definition) is 7. The van der Waals surface area contributed by atoms with E-state index in [4.69, 9.17) is 9.47 Å². The van der Waals surface area contributed by atoms with Crippen LogP contribution in [-0.2, 0) is 9.53 Å². The number of fused-ring (bicyclic) bond motifs is 2. The summed E-state index contributed by atoms with van der Waals surface area (Å²) in [7, 11) is 0. The Kier molecular flexibility index (Phi) is 6.75. The summed E-state index contributed by atoms with van der Waals surface area (Å²) in [6.45, 7) is 5.16.